The number of amides is 1. The van der Waals surface area contributed by atoms with E-state index in [0.29, 0.717) is 25.1 Å². The predicted molar refractivity (Wildman–Crippen MR) is 89.0 cm³/mol. The van der Waals surface area contributed by atoms with Gasteiger partial charge in [-0.2, -0.15) is 5.10 Å². The number of carbonyl (C=O) groups is 1. The van der Waals surface area contributed by atoms with Crippen molar-refractivity contribution in [3.05, 3.63) is 59.5 Å². The first-order valence-corrected chi connectivity index (χ1v) is 7.54. The van der Waals surface area contributed by atoms with Gasteiger partial charge in [0, 0.05) is 18.5 Å². The van der Waals surface area contributed by atoms with Gasteiger partial charge in [0.25, 0.3) is 0 Å². The summed E-state index contributed by atoms with van der Waals surface area (Å²) in [4.78, 5) is 16.4. The van der Waals surface area contributed by atoms with Crippen LogP contribution in [0.5, 0.6) is 0 Å². The SMILES string of the molecule is Cc1cnn2cc(NC(=O)CCc3ccccc3CN)cnc12. The molecule has 2 heterocycles. The average molecular weight is 309 g/mol. The van der Waals surface area contributed by atoms with Crippen molar-refractivity contribution in [2.24, 2.45) is 5.73 Å². The van der Waals surface area contributed by atoms with E-state index in [9.17, 15) is 4.79 Å². The van der Waals surface area contributed by atoms with E-state index >= 15 is 0 Å². The van der Waals surface area contributed by atoms with Crippen molar-refractivity contribution in [2.45, 2.75) is 26.3 Å². The molecule has 0 saturated heterocycles. The van der Waals surface area contributed by atoms with Crippen LogP contribution < -0.4 is 11.1 Å². The summed E-state index contributed by atoms with van der Waals surface area (Å²) in [6.45, 7) is 2.43. The molecule has 3 N–H and O–H groups in total. The summed E-state index contributed by atoms with van der Waals surface area (Å²) in [6, 6.07) is 7.92. The van der Waals surface area contributed by atoms with Crippen molar-refractivity contribution in [3.63, 3.8) is 0 Å². The highest BCUT2D eigenvalue weighted by molar-refractivity contribution is 5.90. The number of nitrogens with zero attached hydrogens (tertiary/aromatic N) is 3. The maximum absolute atomic E-state index is 12.1. The molecule has 0 aliphatic heterocycles. The number of rotatable bonds is 5. The number of aromatic nitrogens is 3. The zero-order valence-corrected chi connectivity index (χ0v) is 13.0. The van der Waals surface area contributed by atoms with E-state index in [0.717, 1.165) is 22.3 Å². The molecule has 2 aromatic heterocycles. The second kappa shape index (κ2) is 6.58. The summed E-state index contributed by atoms with van der Waals surface area (Å²) in [7, 11) is 0. The van der Waals surface area contributed by atoms with Gasteiger partial charge in [-0.15, -0.1) is 0 Å². The number of benzene rings is 1. The molecule has 6 nitrogen and oxygen atoms in total. The largest absolute Gasteiger partial charge is 0.326 e. The molecule has 0 aliphatic carbocycles. The van der Waals surface area contributed by atoms with Crippen molar-refractivity contribution in [3.8, 4) is 0 Å². The van der Waals surface area contributed by atoms with E-state index in [-0.39, 0.29) is 5.91 Å². The highest BCUT2D eigenvalue weighted by atomic mass is 16.1. The van der Waals surface area contributed by atoms with Gasteiger partial charge in [-0.3, -0.25) is 4.79 Å². The molecule has 23 heavy (non-hydrogen) atoms. The van der Waals surface area contributed by atoms with Crippen LogP contribution in [0.1, 0.15) is 23.1 Å². The van der Waals surface area contributed by atoms with Crippen LogP contribution in [0.2, 0.25) is 0 Å². The van der Waals surface area contributed by atoms with Crippen LogP contribution in [0, 0.1) is 6.92 Å². The highest BCUT2D eigenvalue weighted by Crippen LogP contribution is 2.13. The third kappa shape index (κ3) is 3.37. The Morgan fingerprint density at radius 1 is 1.26 bits per heavy atom. The summed E-state index contributed by atoms with van der Waals surface area (Å²) >= 11 is 0. The molecule has 0 bridgehead atoms. The first-order chi connectivity index (χ1) is 11.2. The number of hydrogen-bond donors (Lipinski definition) is 2. The number of carbonyl (C=O) groups excluding carboxylic acids is 1. The summed E-state index contributed by atoms with van der Waals surface area (Å²) < 4.78 is 1.66. The van der Waals surface area contributed by atoms with Gasteiger partial charge in [-0.25, -0.2) is 9.50 Å². The van der Waals surface area contributed by atoms with Gasteiger partial charge in [0.05, 0.1) is 24.3 Å². The summed E-state index contributed by atoms with van der Waals surface area (Å²) in [5, 5.41) is 7.05. The molecule has 6 heteroatoms. The van der Waals surface area contributed by atoms with Gasteiger partial charge in [0.2, 0.25) is 5.91 Å². The van der Waals surface area contributed by atoms with Crippen LogP contribution in [-0.2, 0) is 17.8 Å². The highest BCUT2D eigenvalue weighted by Gasteiger charge is 2.07. The molecular weight excluding hydrogens is 290 g/mol. The lowest BCUT2D eigenvalue weighted by molar-refractivity contribution is -0.116. The minimum atomic E-state index is -0.0538. The first-order valence-electron chi connectivity index (χ1n) is 7.54. The van der Waals surface area contributed by atoms with Gasteiger partial charge >= 0.3 is 0 Å². The predicted octanol–water partition coefficient (Wildman–Crippen LogP) is 2.07. The second-order valence-corrected chi connectivity index (χ2v) is 5.46. The maximum Gasteiger partial charge on any atom is 0.224 e. The molecule has 0 unspecified atom stereocenters. The summed E-state index contributed by atoms with van der Waals surface area (Å²) in [6.07, 6.45) is 6.22. The fourth-order valence-electron chi connectivity index (χ4n) is 2.53. The van der Waals surface area contributed by atoms with Gasteiger partial charge < -0.3 is 11.1 Å². The summed E-state index contributed by atoms with van der Waals surface area (Å²) in [5.74, 6) is -0.0538. The van der Waals surface area contributed by atoms with E-state index in [2.05, 4.69) is 15.4 Å². The number of anilines is 1. The molecule has 0 aliphatic rings. The molecule has 0 fully saturated rings. The van der Waals surface area contributed by atoms with Gasteiger partial charge in [-0.1, -0.05) is 24.3 Å². The van der Waals surface area contributed by atoms with Crippen LogP contribution in [0.15, 0.2) is 42.9 Å². The zero-order valence-electron chi connectivity index (χ0n) is 13.0. The number of nitrogens with one attached hydrogen (secondary N) is 1. The first kappa shape index (κ1) is 15.2. The van der Waals surface area contributed by atoms with Crippen molar-refractivity contribution >= 4 is 17.2 Å². The summed E-state index contributed by atoms with van der Waals surface area (Å²) in [5.41, 5.74) is 10.3. The maximum atomic E-state index is 12.1. The molecule has 1 aromatic carbocycles. The minimum Gasteiger partial charge on any atom is -0.326 e. The quantitative estimate of drug-likeness (QED) is 0.755. The Kier molecular flexibility index (Phi) is 4.34. The van der Waals surface area contributed by atoms with Crippen LogP contribution in [0.4, 0.5) is 5.69 Å². The Morgan fingerprint density at radius 2 is 2.04 bits per heavy atom. The Hall–Kier alpha value is -2.73. The van der Waals surface area contributed by atoms with Crippen LogP contribution >= 0.6 is 0 Å². The lowest BCUT2D eigenvalue weighted by Gasteiger charge is -2.08. The lowest BCUT2D eigenvalue weighted by Crippen LogP contribution is -2.14. The fourth-order valence-corrected chi connectivity index (χ4v) is 2.53. The Morgan fingerprint density at radius 3 is 2.83 bits per heavy atom. The molecule has 3 rings (SSSR count). The fraction of sp³-hybridized carbons (Fsp3) is 0.235. The number of hydrogen-bond acceptors (Lipinski definition) is 4. The van der Waals surface area contributed by atoms with E-state index in [4.69, 9.17) is 5.73 Å². The molecule has 0 spiro atoms. The molecular formula is C17H19N5O. The number of aryl methyl sites for hydroxylation is 2. The molecule has 0 saturated carbocycles. The molecule has 3 aromatic rings. The number of nitrogens with two attached hydrogens (primary N) is 1. The van der Waals surface area contributed by atoms with E-state index < -0.39 is 0 Å². The van der Waals surface area contributed by atoms with Crippen LogP contribution in [-0.4, -0.2) is 20.5 Å². The van der Waals surface area contributed by atoms with E-state index in [1.54, 1.807) is 23.1 Å². The van der Waals surface area contributed by atoms with Gasteiger partial charge in [0.1, 0.15) is 0 Å². The van der Waals surface area contributed by atoms with Crippen molar-refractivity contribution in [1.29, 1.82) is 0 Å². The van der Waals surface area contributed by atoms with E-state index in [1.165, 1.54) is 0 Å². The van der Waals surface area contributed by atoms with E-state index in [1.807, 2.05) is 31.2 Å². The average Bonchev–Trinajstić information content (AvgIpc) is 2.94. The lowest BCUT2D eigenvalue weighted by atomic mass is 10.0. The molecule has 118 valence electrons. The van der Waals surface area contributed by atoms with Gasteiger partial charge in [0.15, 0.2) is 5.65 Å². The topological polar surface area (TPSA) is 85.3 Å². The Labute approximate surface area is 134 Å². The zero-order chi connectivity index (χ0) is 16.2. The monoisotopic (exact) mass is 309 g/mol. The standard InChI is InChI=1S/C17H19N5O/c1-12-9-20-22-11-15(10-19-17(12)22)21-16(23)7-6-13-4-2-3-5-14(13)8-18/h2-5,9-11H,6-8,18H2,1H3,(H,21,23). The molecule has 1 amide bonds. The smallest absolute Gasteiger partial charge is 0.224 e. The van der Waals surface area contributed by atoms with Crippen LogP contribution in [0.25, 0.3) is 5.65 Å². The third-order valence-electron chi connectivity index (χ3n) is 3.78. The van der Waals surface area contributed by atoms with Crippen LogP contribution in [0.3, 0.4) is 0 Å². The van der Waals surface area contributed by atoms with Crippen molar-refractivity contribution in [1.82, 2.24) is 14.6 Å². The Balaban J connectivity index is 1.64. The second-order valence-electron chi connectivity index (χ2n) is 5.46. The molecule has 0 atom stereocenters. The Bertz CT molecular complexity index is 840. The van der Waals surface area contributed by atoms with Crippen molar-refractivity contribution < 1.29 is 4.79 Å². The van der Waals surface area contributed by atoms with Crippen molar-refractivity contribution in [2.75, 3.05) is 5.32 Å². The molecule has 0 radical (unpaired) electrons. The number of fused-ring (bicyclic) bond motifs is 1. The third-order valence-corrected chi connectivity index (χ3v) is 3.78. The minimum absolute atomic E-state index is 0.0538. The normalized spacial score (nSPS) is 10.9. The van der Waals surface area contributed by atoms with Gasteiger partial charge in [-0.05, 0) is 24.5 Å².